The fourth-order valence-electron chi connectivity index (χ4n) is 2.32. The van der Waals surface area contributed by atoms with Crippen LogP contribution >= 0.6 is 12.2 Å². The molecule has 24 heavy (non-hydrogen) atoms. The van der Waals surface area contributed by atoms with Crippen LogP contribution in [0.4, 0.5) is 4.39 Å². The van der Waals surface area contributed by atoms with Crippen LogP contribution in [-0.2, 0) is 4.74 Å². The summed E-state index contributed by atoms with van der Waals surface area (Å²) in [6, 6.07) is 5.81. The Labute approximate surface area is 141 Å². The van der Waals surface area contributed by atoms with Crippen LogP contribution in [0.2, 0.25) is 0 Å². The zero-order valence-electron chi connectivity index (χ0n) is 12.6. The Morgan fingerprint density at radius 2 is 2.04 bits per heavy atom. The molecule has 0 amide bonds. The zero-order valence-corrected chi connectivity index (χ0v) is 13.4. The monoisotopic (exact) mass is 350 g/mol. The van der Waals surface area contributed by atoms with Crippen LogP contribution in [0, 0.1) is 10.6 Å². The van der Waals surface area contributed by atoms with Crippen molar-refractivity contribution in [1.82, 2.24) is 14.6 Å². The summed E-state index contributed by atoms with van der Waals surface area (Å²) in [4.78, 5) is 14.5. The number of H-pyrrole nitrogens is 1. The van der Waals surface area contributed by atoms with Gasteiger partial charge in [-0.3, -0.25) is 19.4 Å². The first-order valence-corrected chi connectivity index (χ1v) is 7.68. The number of para-hydroxylation sites is 1. The smallest absolute Gasteiger partial charge is 0.264 e. The molecule has 3 rings (SSSR count). The Hall–Kier alpha value is -2.52. The van der Waals surface area contributed by atoms with E-state index in [1.165, 1.54) is 24.4 Å². The quantitative estimate of drug-likeness (QED) is 0.646. The molecule has 1 aliphatic rings. The predicted octanol–water partition coefficient (Wildman–Crippen LogP) is 1.41. The topological polar surface area (TPSA) is 82.8 Å². The standard InChI is InChI=1S/C15H15FN4O3S/c16-11-3-1-2-4-12(11)20-14(22)10(13(21)18-15(20)24)9-17-19-5-7-23-8-6-19/h1-4,9,22H,5-8H2,(H,18,21,24). The van der Waals surface area contributed by atoms with E-state index < -0.39 is 17.3 Å². The van der Waals surface area contributed by atoms with Gasteiger partial charge in [0.25, 0.3) is 5.56 Å². The fraction of sp³-hybridized carbons (Fsp3) is 0.267. The number of ether oxygens (including phenoxy) is 1. The molecule has 0 bridgehead atoms. The van der Waals surface area contributed by atoms with Gasteiger partial charge in [0.05, 0.1) is 38.2 Å². The highest BCUT2D eigenvalue weighted by Gasteiger charge is 2.15. The van der Waals surface area contributed by atoms with Crippen molar-refractivity contribution < 1.29 is 14.2 Å². The minimum Gasteiger partial charge on any atom is -0.494 e. The first-order chi connectivity index (χ1) is 11.6. The summed E-state index contributed by atoms with van der Waals surface area (Å²) in [5.74, 6) is -1.04. The number of hydrogen-bond acceptors (Lipinski definition) is 6. The summed E-state index contributed by atoms with van der Waals surface area (Å²) in [5, 5.41) is 16.3. The second-order valence-electron chi connectivity index (χ2n) is 5.09. The number of rotatable bonds is 3. The second-order valence-corrected chi connectivity index (χ2v) is 5.48. The van der Waals surface area contributed by atoms with Gasteiger partial charge in [-0.25, -0.2) is 4.39 Å². The number of aromatic amines is 1. The van der Waals surface area contributed by atoms with E-state index >= 15 is 0 Å². The average molecular weight is 350 g/mol. The summed E-state index contributed by atoms with van der Waals surface area (Å²) in [5.41, 5.74) is -0.655. The number of hydrogen-bond donors (Lipinski definition) is 2. The molecule has 0 saturated carbocycles. The van der Waals surface area contributed by atoms with Crippen LogP contribution in [0.3, 0.4) is 0 Å². The van der Waals surface area contributed by atoms with E-state index in [-0.39, 0.29) is 16.0 Å². The maximum absolute atomic E-state index is 14.0. The Morgan fingerprint density at radius 3 is 2.75 bits per heavy atom. The van der Waals surface area contributed by atoms with Crippen LogP contribution in [0.25, 0.3) is 5.69 Å². The number of aromatic nitrogens is 2. The van der Waals surface area contributed by atoms with Gasteiger partial charge in [0, 0.05) is 0 Å². The minimum absolute atomic E-state index is 0.0391. The first kappa shape index (κ1) is 16.3. The second kappa shape index (κ2) is 6.93. The van der Waals surface area contributed by atoms with Crippen molar-refractivity contribution in [2.24, 2.45) is 5.10 Å². The van der Waals surface area contributed by atoms with Crippen LogP contribution in [0.1, 0.15) is 5.56 Å². The lowest BCUT2D eigenvalue weighted by molar-refractivity contribution is 0.0396. The molecule has 1 saturated heterocycles. The molecule has 7 nitrogen and oxygen atoms in total. The molecule has 0 atom stereocenters. The summed E-state index contributed by atoms with van der Waals surface area (Å²) in [6.07, 6.45) is 1.24. The summed E-state index contributed by atoms with van der Waals surface area (Å²) >= 11 is 5.05. The molecular formula is C15H15FN4O3S. The first-order valence-electron chi connectivity index (χ1n) is 7.28. The lowest BCUT2D eigenvalue weighted by Gasteiger charge is -2.23. The molecule has 2 heterocycles. The molecule has 1 fully saturated rings. The molecule has 0 spiro atoms. The van der Waals surface area contributed by atoms with Crippen LogP contribution in [0.15, 0.2) is 34.2 Å². The van der Waals surface area contributed by atoms with E-state index in [2.05, 4.69) is 10.1 Å². The number of hydrazone groups is 1. The Morgan fingerprint density at radius 1 is 1.33 bits per heavy atom. The van der Waals surface area contributed by atoms with Gasteiger partial charge in [-0.1, -0.05) is 12.1 Å². The number of nitrogens with zero attached hydrogens (tertiary/aromatic N) is 3. The van der Waals surface area contributed by atoms with Crippen molar-refractivity contribution in [2.75, 3.05) is 26.3 Å². The van der Waals surface area contributed by atoms with Gasteiger partial charge in [0.15, 0.2) is 4.77 Å². The van der Waals surface area contributed by atoms with Crippen molar-refractivity contribution in [2.45, 2.75) is 0 Å². The average Bonchev–Trinajstić information content (AvgIpc) is 2.57. The molecule has 1 aliphatic heterocycles. The lowest BCUT2D eigenvalue weighted by Crippen LogP contribution is -2.32. The van der Waals surface area contributed by atoms with Crippen molar-refractivity contribution >= 4 is 18.4 Å². The third-order valence-corrected chi connectivity index (χ3v) is 3.84. The van der Waals surface area contributed by atoms with E-state index in [9.17, 15) is 14.3 Å². The van der Waals surface area contributed by atoms with Crippen LogP contribution in [-0.4, -0.2) is 52.2 Å². The molecule has 1 aromatic heterocycles. The maximum atomic E-state index is 14.0. The van der Waals surface area contributed by atoms with Gasteiger partial charge in [-0.2, -0.15) is 5.10 Å². The Bertz CT molecular complexity index is 887. The SMILES string of the molecule is O=c1[nH]c(=S)n(-c2ccccc2F)c(O)c1C=NN1CCOCC1. The van der Waals surface area contributed by atoms with Crippen molar-refractivity contribution in [3.8, 4) is 11.6 Å². The maximum Gasteiger partial charge on any atom is 0.264 e. The Balaban J connectivity index is 2.06. The minimum atomic E-state index is -0.595. The molecule has 2 N–H and O–H groups in total. The summed E-state index contributed by atoms with van der Waals surface area (Å²) in [6.45, 7) is 2.25. The molecule has 2 aromatic rings. The van der Waals surface area contributed by atoms with Gasteiger partial charge in [-0.05, 0) is 24.4 Å². The molecule has 126 valence electrons. The van der Waals surface area contributed by atoms with Gasteiger partial charge < -0.3 is 9.84 Å². The zero-order chi connectivity index (χ0) is 17.1. The number of morpholine rings is 1. The van der Waals surface area contributed by atoms with E-state index in [0.29, 0.717) is 26.3 Å². The number of nitrogens with one attached hydrogen (secondary N) is 1. The van der Waals surface area contributed by atoms with E-state index in [0.717, 1.165) is 4.57 Å². The third-order valence-electron chi connectivity index (χ3n) is 3.55. The molecule has 0 radical (unpaired) electrons. The van der Waals surface area contributed by atoms with E-state index in [1.54, 1.807) is 11.1 Å². The number of aromatic hydroxyl groups is 1. The van der Waals surface area contributed by atoms with E-state index in [1.807, 2.05) is 0 Å². The van der Waals surface area contributed by atoms with Crippen LogP contribution < -0.4 is 5.56 Å². The van der Waals surface area contributed by atoms with Crippen LogP contribution in [0.5, 0.6) is 5.88 Å². The third kappa shape index (κ3) is 3.22. The normalized spacial score (nSPS) is 15.1. The predicted molar refractivity (Wildman–Crippen MR) is 88.8 cm³/mol. The fourth-order valence-corrected chi connectivity index (χ4v) is 2.60. The molecule has 9 heteroatoms. The lowest BCUT2D eigenvalue weighted by atomic mass is 10.2. The Kier molecular flexibility index (Phi) is 4.72. The van der Waals surface area contributed by atoms with Gasteiger partial charge in [0.1, 0.15) is 11.4 Å². The van der Waals surface area contributed by atoms with Gasteiger partial charge in [0.2, 0.25) is 5.88 Å². The molecule has 0 aliphatic carbocycles. The largest absolute Gasteiger partial charge is 0.494 e. The van der Waals surface area contributed by atoms with Crippen molar-refractivity contribution in [3.63, 3.8) is 0 Å². The van der Waals surface area contributed by atoms with Crippen molar-refractivity contribution in [3.05, 3.63) is 50.8 Å². The van der Waals surface area contributed by atoms with Gasteiger partial charge in [-0.15, -0.1) is 0 Å². The van der Waals surface area contributed by atoms with E-state index in [4.69, 9.17) is 17.0 Å². The summed E-state index contributed by atoms with van der Waals surface area (Å²) < 4.78 is 20.2. The van der Waals surface area contributed by atoms with Gasteiger partial charge >= 0.3 is 0 Å². The number of halogens is 1. The highest BCUT2D eigenvalue weighted by molar-refractivity contribution is 7.71. The summed E-state index contributed by atoms with van der Waals surface area (Å²) in [7, 11) is 0. The molecule has 1 aromatic carbocycles. The molecule has 0 unspecified atom stereocenters. The highest BCUT2D eigenvalue weighted by atomic mass is 32.1. The molecular weight excluding hydrogens is 335 g/mol. The van der Waals surface area contributed by atoms with Crippen molar-refractivity contribution in [1.29, 1.82) is 0 Å². The highest BCUT2D eigenvalue weighted by Crippen LogP contribution is 2.20. The number of benzene rings is 1.